The van der Waals surface area contributed by atoms with E-state index in [4.69, 9.17) is 0 Å². The molecule has 0 spiro atoms. The number of carbonyl (C=O) groups excluding carboxylic acids is 3. The van der Waals surface area contributed by atoms with Crippen LogP contribution in [0.25, 0.3) is 10.8 Å². The van der Waals surface area contributed by atoms with Crippen LogP contribution in [0.15, 0.2) is 42.5 Å². The summed E-state index contributed by atoms with van der Waals surface area (Å²) in [6.45, 7) is 3.63. The van der Waals surface area contributed by atoms with Crippen molar-refractivity contribution in [2.75, 3.05) is 6.54 Å². The van der Waals surface area contributed by atoms with Crippen molar-refractivity contribution in [3.05, 3.63) is 48.0 Å². The van der Waals surface area contributed by atoms with Gasteiger partial charge in [-0.15, -0.1) is 0 Å². The minimum atomic E-state index is -0.469. The monoisotopic (exact) mass is 341 g/mol. The molecule has 0 atom stereocenters. The lowest BCUT2D eigenvalue weighted by molar-refractivity contribution is -0.130. The van der Waals surface area contributed by atoms with E-state index in [1.807, 2.05) is 56.3 Å². The van der Waals surface area contributed by atoms with Crippen LogP contribution in [0.3, 0.4) is 0 Å². The summed E-state index contributed by atoms with van der Waals surface area (Å²) in [7, 11) is 0. The van der Waals surface area contributed by atoms with Crippen molar-refractivity contribution < 1.29 is 14.4 Å². The molecule has 0 aliphatic carbocycles. The Hall–Kier alpha value is -2.89. The van der Waals surface area contributed by atoms with Gasteiger partial charge in [-0.1, -0.05) is 56.3 Å². The van der Waals surface area contributed by atoms with Gasteiger partial charge in [0.15, 0.2) is 0 Å². The van der Waals surface area contributed by atoms with E-state index in [-0.39, 0.29) is 30.7 Å². The Bertz CT molecular complexity index is 766. The highest BCUT2D eigenvalue weighted by Crippen LogP contribution is 2.18. The van der Waals surface area contributed by atoms with Gasteiger partial charge in [0.1, 0.15) is 0 Å². The quantitative estimate of drug-likeness (QED) is 0.699. The van der Waals surface area contributed by atoms with E-state index >= 15 is 0 Å². The van der Waals surface area contributed by atoms with E-state index in [1.165, 1.54) is 0 Å². The fourth-order valence-electron chi connectivity index (χ4n) is 2.47. The van der Waals surface area contributed by atoms with Gasteiger partial charge >= 0.3 is 0 Å². The molecule has 0 aromatic heterocycles. The lowest BCUT2D eigenvalue weighted by Crippen LogP contribution is -2.46. The van der Waals surface area contributed by atoms with E-state index in [9.17, 15) is 14.4 Å². The summed E-state index contributed by atoms with van der Waals surface area (Å²) >= 11 is 0. The second-order valence-electron chi connectivity index (χ2n) is 6.29. The van der Waals surface area contributed by atoms with Crippen molar-refractivity contribution in [3.8, 4) is 0 Å². The predicted molar refractivity (Wildman–Crippen MR) is 96.4 cm³/mol. The molecule has 3 amide bonds. The molecule has 0 aliphatic rings. The molecule has 2 rings (SSSR count). The van der Waals surface area contributed by atoms with Crippen molar-refractivity contribution in [1.82, 2.24) is 16.2 Å². The fourth-order valence-corrected chi connectivity index (χ4v) is 2.47. The van der Waals surface area contributed by atoms with Crippen LogP contribution < -0.4 is 16.2 Å². The maximum Gasteiger partial charge on any atom is 0.257 e. The van der Waals surface area contributed by atoms with Crippen LogP contribution in [0.2, 0.25) is 0 Å². The van der Waals surface area contributed by atoms with E-state index in [0.717, 1.165) is 16.3 Å². The molecule has 6 nitrogen and oxygen atoms in total. The largest absolute Gasteiger partial charge is 0.347 e. The zero-order valence-electron chi connectivity index (χ0n) is 14.5. The molecule has 25 heavy (non-hydrogen) atoms. The maximum atomic E-state index is 12.1. The van der Waals surface area contributed by atoms with Crippen LogP contribution in [0.4, 0.5) is 0 Å². The maximum absolute atomic E-state index is 12.1. The van der Waals surface area contributed by atoms with E-state index in [1.54, 1.807) is 0 Å². The van der Waals surface area contributed by atoms with Gasteiger partial charge in [-0.2, -0.15) is 0 Å². The molecule has 0 heterocycles. The molecule has 2 aromatic rings. The summed E-state index contributed by atoms with van der Waals surface area (Å²) in [4.78, 5) is 35.2. The number of hydrogen-bond acceptors (Lipinski definition) is 3. The van der Waals surface area contributed by atoms with Crippen LogP contribution in [0, 0.1) is 5.92 Å². The summed E-state index contributed by atoms with van der Waals surface area (Å²) in [5, 5.41) is 4.64. The van der Waals surface area contributed by atoms with Gasteiger partial charge in [-0.25, -0.2) is 0 Å². The molecule has 132 valence electrons. The molecule has 0 fully saturated rings. The van der Waals surface area contributed by atoms with Gasteiger partial charge in [0.25, 0.3) is 5.91 Å². The molecular weight excluding hydrogens is 318 g/mol. The van der Waals surface area contributed by atoms with Crippen LogP contribution in [0.1, 0.15) is 25.8 Å². The third-order valence-electron chi connectivity index (χ3n) is 3.61. The number of benzene rings is 2. The zero-order valence-corrected chi connectivity index (χ0v) is 14.5. The Kier molecular flexibility index (Phi) is 6.51. The first-order valence-corrected chi connectivity index (χ1v) is 8.26. The SMILES string of the molecule is CC(C)CC(=O)NNC(=O)CNC(=O)Cc1cccc2ccccc12. The van der Waals surface area contributed by atoms with E-state index < -0.39 is 5.91 Å². The molecule has 0 unspecified atom stereocenters. The topological polar surface area (TPSA) is 87.3 Å². The number of carbonyl (C=O) groups is 3. The summed E-state index contributed by atoms with van der Waals surface area (Å²) in [5.41, 5.74) is 5.51. The van der Waals surface area contributed by atoms with Crippen molar-refractivity contribution >= 4 is 28.5 Å². The average molecular weight is 341 g/mol. The number of hydrogen-bond donors (Lipinski definition) is 3. The minimum Gasteiger partial charge on any atom is -0.347 e. The third kappa shape index (κ3) is 5.91. The van der Waals surface area contributed by atoms with Gasteiger partial charge in [0.05, 0.1) is 13.0 Å². The Morgan fingerprint density at radius 2 is 1.56 bits per heavy atom. The van der Waals surface area contributed by atoms with Crippen molar-refractivity contribution in [2.45, 2.75) is 26.7 Å². The van der Waals surface area contributed by atoms with E-state index in [2.05, 4.69) is 16.2 Å². The van der Waals surface area contributed by atoms with Crippen LogP contribution >= 0.6 is 0 Å². The Labute approximate surface area is 147 Å². The number of amides is 3. The second kappa shape index (κ2) is 8.82. The average Bonchev–Trinajstić information content (AvgIpc) is 2.58. The van der Waals surface area contributed by atoms with Crippen molar-refractivity contribution in [3.63, 3.8) is 0 Å². The lowest BCUT2D eigenvalue weighted by Gasteiger charge is -2.10. The van der Waals surface area contributed by atoms with Gasteiger partial charge in [0.2, 0.25) is 11.8 Å². The van der Waals surface area contributed by atoms with Crippen molar-refractivity contribution in [1.29, 1.82) is 0 Å². The first kappa shape index (κ1) is 18.4. The van der Waals surface area contributed by atoms with E-state index in [0.29, 0.717) is 6.42 Å². The van der Waals surface area contributed by atoms with Gasteiger partial charge in [-0.3, -0.25) is 25.2 Å². The highest BCUT2D eigenvalue weighted by molar-refractivity contribution is 5.91. The second-order valence-corrected chi connectivity index (χ2v) is 6.29. The predicted octanol–water partition coefficient (Wildman–Crippen LogP) is 1.69. The molecular formula is C19H23N3O3. The number of nitrogens with one attached hydrogen (secondary N) is 3. The highest BCUT2D eigenvalue weighted by Gasteiger charge is 2.10. The highest BCUT2D eigenvalue weighted by atomic mass is 16.2. The normalized spacial score (nSPS) is 10.5. The van der Waals surface area contributed by atoms with Crippen LogP contribution in [0.5, 0.6) is 0 Å². The summed E-state index contributed by atoms with van der Waals surface area (Å²) < 4.78 is 0. The Morgan fingerprint density at radius 1 is 0.880 bits per heavy atom. The zero-order chi connectivity index (χ0) is 18.2. The first-order chi connectivity index (χ1) is 12.0. The molecule has 0 aliphatic heterocycles. The summed E-state index contributed by atoms with van der Waals surface area (Å²) in [5.74, 6) is -0.772. The smallest absolute Gasteiger partial charge is 0.257 e. The molecule has 0 saturated carbocycles. The van der Waals surface area contributed by atoms with Crippen LogP contribution in [-0.4, -0.2) is 24.3 Å². The van der Waals surface area contributed by atoms with Gasteiger partial charge in [0, 0.05) is 6.42 Å². The summed E-state index contributed by atoms with van der Waals surface area (Å²) in [6.07, 6.45) is 0.516. The lowest BCUT2D eigenvalue weighted by atomic mass is 10.0. The standard InChI is InChI=1S/C19H23N3O3/c1-13(2)10-18(24)21-22-19(25)12-20-17(23)11-15-8-5-7-14-6-3-4-9-16(14)15/h3-9,13H,10-12H2,1-2H3,(H,20,23)(H,21,24)(H,22,25). The summed E-state index contributed by atoms with van der Waals surface area (Å²) in [6, 6.07) is 13.6. The molecule has 0 bridgehead atoms. The van der Waals surface area contributed by atoms with Crippen LogP contribution in [-0.2, 0) is 20.8 Å². The third-order valence-corrected chi connectivity index (χ3v) is 3.61. The van der Waals surface area contributed by atoms with Gasteiger partial charge in [-0.05, 0) is 22.3 Å². The Balaban J connectivity index is 1.80. The molecule has 0 saturated heterocycles. The molecule has 6 heteroatoms. The van der Waals surface area contributed by atoms with Crippen molar-refractivity contribution in [2.24, 2.45) is 5.92 Å². The van der Waals surface area contributed by atoms with Gasteiger partial charge < -0.3 is 5.32 Å². The molecule has 3 N–H and O–H groups in total. The number of fused-ring (bicyclic) bond motifs is 1. The fraction of sp³-hybridized carbons (Fsp3) is 0.316. The first-order valence-electron chi connectivity index (χ1n) is 8.26. The molecule has 2 aromatic carbocycles. The molecule has 0 radical (unpaired) electrons. The minimum absolute atomic E-state index is 0.189. The Morgan fingerprint density at radius 3 is 2.32 bits per heavy atom. The number of hydrazine groups is 1. The number of rotatable bonds is 6.